The van der Waals surface area contributed by atoms with Crippen molar-refractivity contribution in [1.29, 1.82) is 0 Å². The number of carbonyl (C=O) groups is 1. The highest BCUT2D eigenvalue weighted by molar-refractivity contribution is 5.93. The Morgan fingerprint density at radius 2 is 1.95 bits per heavy atom. The van der Waals surface area contributed by atoms with Gasteiger partial charge in [0.15, 0.2) is 11.5 Å². The van der Waals surface area contributed by atoms with E-state index >= 15 is 0 Å². The Morgan fingerprint density at radius 3 is 2.65 bits per heavy atom. The number of carbonyl (C=O) groups excluding carboxylic acids is 1. The lowest BCUT2D eigenvalue weighted by Crippen LogP contribution is -2.32. The third-order valence-electron chi connectivity index (χ3n) is 3.77. The molecule has 1 aromatic carbocycles. The largest absolute Gasteiger partial charge is 0.355 e. The molecule has 1 aliphatic rings. The third-order valence-corrected chi connectivity index (χ3v) is 3.77. The van der Waals surface area contributed by atoms with E-state index < -0.39 is 0 Å². The van der Waals surface area contributed by atoms with Crippen LogP contribution in [-0.2, 0) is 0 Å². The Morgan fingerprint density at radius 1 is 1.25 bits per heavy atom. The van der Waals surface area contributed by atoms with Crippen LogP contribution in [0.2, 0.25) is 0 Å². The van der Waals surface area contributed by atoms with Crippen LogP contribution in [-0.4, -0.2) is 17.1 Å². The predicted molar refractivity (Wildman–Crippen MR) is 76.4 cm³/mol. The first kappa shape index (κ1) is 12.9. The van der Waals surface area contributed by atoms with Gasteiger partial charge in [0.1, 0.15) is 0 Å². The third kappa shape index (κ3) is 2.74. The minimum absolute atomic E-state index is 0.140. The quantitative estimate of drug-likeness (QED) is 0.930. The van der Waals surface area contributed by atoms with Gasteiger partial charge in [-0.2, -0.15) is 0 Å². The summed E-state index contributed by atoms with van der Waals surface area (Å²) in [4.78, 5) is 12.1. The second-order valence-electron chi connectivity index (χ2n) is 5.40. The maximum atomic E-state index is 12.1. The molecule has 1 saturated carbocycles. The van der Waals surface area contributed by atoms with E-state index in [2.05, 4.69) is 10.5 Å². The second-order valence-corrected chi connectivity index (χ2v) is 5.40. The number of rotatable bonds is 3. The molecule has 0 aliphatic heterocycles. The number of nitrogens with zero attached hydrogens (tertiary/aromatic N) is 1. The molecule has 1 fully saturated rings. The van der Waals surface area contributed by atoms with Gasteiger partial charge in [-0.1, -0.05) is 47.8 Å². The van der Waals surface area contributed by atoms with Gasteiger partial charge in [-0.25, -0.2) is 0 Å². The van der Waals surface area contributed by atoms with Gasteiger partial charge >= 0.3 is 0 Å². The smallest absolute Gasteiger partial charge is 0.273 e. The Kier molecular flexibility index (Phi) is 3.54. The molecule has 1 amide bonds. The normalized spacial score (nSPS) is 15.4. The van der Waals surface area contributed by atoms with Crippen LogP contribution in [0, 0.1) is 6.92 Å². The number of aryl methyl sites for hydroxylation is 1. The molecular formula is C16H18N2O2. The number of benzene rings is 1. The molecule has 0 atom stereocenters. The number of amides is 1. The average Bonchev–Trinajstić information content (AvgIpc) is 3.10. The molecule has 0 spiro atoms. The average molecular weight is 270 g/mol. The molecule has 4 heteroatoms. The van der Waals surface area contributed by atoms with Crippen molar-refractivity contribution in [2.24, 2.45) is 0 Å². The van der Waals surface area contributed by atoms with E-state index in [1.54, 1.807) is 6.07 Å². The zero-order valence-corrected chi connectivity index (χ0v) is 11.6. The van der Waals surface area contributed by atoms with E-state index in [1.807, 2.05) is 31.2 Å². The van der Waals surface area contributed by atoms with Crippen molar-refractivity contribution in [2.75, 3.05) is 0 Å². The number of nitrogens with one attached hydrogen (secondary N) is 1. The lowest BCUT2D eigenvalue weighted by Gasteiger charge is -2.09. The van der Waals surface area contributed by atoms with E-state index in [1.165, 1.54) is 18.4 Å². The summed E-state index contributed by atoms with van der Waals surface area (Å²) in [6.45, 7) is 2.03. The van der Waals surface area contributed by atoms with Gasteiger partial charge in [0.2, 0.25) is 0 Å². The van der Waals surface area contributed by atoms with Crippen molar-refractivity contribution >= 4 is 5.91 Å². The molecule has 1 aliphatic carbocycles. The molecule has 20 heavy (non-hydrogen) atoms. The standard InChI is InChI=1S/C16H18N2O2/c1-11-6-8-12(9-7-11)15-10-14(18-20-15)16(19)17-13-4-2-3-5-13/h6-10,13H,2-5H2,1H3,(H,17,19). The molecule has 3 rings (SSSR count). The fraction of sp³-hybridized carbons (Fsp3) is 0.375. The van der Waals surface area contributed by atoms with Crippen molar-refractivity contribution in [2.45, 2.75) is 38.6 Å². The fourth-order valence-corrected chi connectivity index (χ4v) is 2.57. The van der Waals surface area contributed by atoms with Crippen LogP contribution < -0.4 is 5.32 Å². The highest BCUT2D eigenvalue weighted by Crippen LogP contribution is 2.22. The van der Waals surface area contributed by atoms with Crippen molar-refractivity contribution in [1.82, 2.24) is 10.5 Å². The second kappa shape index (κ2) is 5.49. The van der Waals surface area contributed by atoms with Crippen molar-refractivity contribution in [3.63, 3.8) is 0 Å². The summed E-state index contributed by atoms with van der Waals surface area (Å²) in [5.74, 6) is 0.487. The number of hydrogen-bond acceptors (Lipinski definition) is 3. The van der Waals surface area contributed by atoms with Crippen LogP contribution in [0.1, 0.15) is 41.7 Å². The lowest BCUT2D eigenvalue weighted by molar-refractivity contribution is 0.0929. The summed E-state index contributed by atoms with van der Waals surface area (Å²) in [6, 6.07) is 9.95. The van der Waals surface area contributed by atoms with E-state index in [9.17, 15) is 4.79 Å². The maximum Gasteiger partial charge on any atom is 0.273 e. The minimum atomic E-state index is -0.140. The Balaban J connectivity index is 1.72. The fourth-order valence-electron chi connectivity index (χ4n) is 2.57. The minimum Gasteiger partial charge on any atom is -0.355 e. The van der Waals surface area contributed by atoms with Gasteiger partial charge in [0, 0.05) is 17.7 Å². The van der Waals surface area contributed by atoms with Crippen LogP contribution in [0.25, 0.3) is 11.3 Å². The van der Waals surface area contributed by atoms with Gasteiger partial charge in [0.05, 0.1) is 0 Å². The van der Waals surface area contributed by atoms with Crippen LogP contribution >= 0.6 is 0 Å². The first-order valence-corrected chi connectivity index (χ1v) is 7.07. The van der Waals surface area contributed by atoms with Gasteiger partial charge in [-0.3, -0.25) is 4.79 Å². The van der Waals surface area contributed by atoms with Gasteiger partial charge < -0.3 is 9.84 Å². The Labute approximate surface area is 118 Å². The summed E-state index contributed by atoms with van der Waals surface area (Å²) >= 11 is 0. The molecule has 1 heterocycles. The number of hydrogen-bond donors (Lipinski definition) is 1. The Hall–Kier alpha value is -2.10. The monoisotopic (exact) mass is 270 g/mol. The topological polar surface area (TPSA) is 55.1 Å². The van der Waals surface area contributed by atoms with Crippen LogP contribution in [0.15, 0.2) is 34.9 Å². The summed E-state index contributed by atoms with van der Waals surface area (Å²) in [6.07, 6.45) is 4.51. The highest BCUT2D eigenvalue weighted by Gasteiger charge is 2.20. The van der Waals surface area contributed by atoms with E-state index in [4.69, 9.17) is 4.52 Å². The maximum absolute atomic E-state index is 12.1. The predicted octanol–water partition coefficient (Wildman–Crippen LogP) is 3.32. The summed E-state index contributed by atoms with van der Waals surface area (Å²) < 4.78 is 5.27. The molecule has 104 valence electrons. The van der Waals surface area contributed by atoms with Gasteiger partial charge in [-0.05, 0) is 19.8 Å². The van der Waals surface area contributed by atoms with Gasteiger partial charge in [0.25, 0.3) is 5.91 Å². The molecule has 2 aromatic rings. The molecular weight excluding hydrogens is 252 g/mol. The van der Waals surface area contributed by atoms with Crippen LogP contribution in [0.4, 0.5) is 0 Å². The molecule has 0 radical (unpaired) electrons. The lowest BCUT2D eigenvalue weighted by atomic mass is 10.1. The SMILES string of the molecule is Cc1ccc(-c2cc(C(=O)NC3CCCC3)no2)cc1. The number of aromatic nitrogens is 1. The highest BCUT2D eigenvalue weighted by atomic mass is 16.5. The zero-order chi connectivity index (χ0) is 13.9. The summed E-state index contributed by atoms with van der Waals surface area (Å²) in [5.41, 5.74) is 2.47. The molecule has 1 N–H and O–H groups in total. The van der Waals surface area contributed by atoms with Crippen molar-refractivity contribution in [3.05, 3.63) is 41.6 Å². The first-order chi connectivity index (χ1) is 9.72. The van der Waals surface area contributed by atoms with E-state index in [0.29, 0.717) is 17.5 Å². The molecule has 1 aromatic heterocycles. The van der Waals surface area contributed by atoms with Crippen molar-refractivity contribution < 1.29 is 9.32 Å². The summed E-state index contributed by atoms with van der Waals surface area (Å²) in [7, 11) is 0. The molecule has 4 nitrogen and oxygen atoms in total. The molecule has 0 saturated heterocycles. The molecule has 0 unspecified atom stereocenters. The van der Waals surface area contributed by atoms with E-state index in [-0.39, 0.29) is 5.91 Å². The van der Waals surface area contributed by atoms with Gasteiger partial charge in [-0.15, -0.1) is 0 Å². The zero-order valence-electron chi connectivity index (χ0n) is 11.6. The Bertz CT molecular complexity index is 595. The molecule has 0 bridgehead atoms. The summed E-state index contributed by atoms with van der Waals surface area (Å²) in [5, 5.41) is 6.88. The van der Waals surface area contributed by atoms with E-state index in [0.717, 1.165) is 18.4 Å². The van der Waals surface area contributed by atoms with Crippen molar-refractivity contribution in [3.8, 4) is 11.3 Å². The van der Waals surface area contributed by atoms with Crippen LogP contribution in [0.5, 0.6) is 0 Å². The first-order valence-electron chi connectivity index (χ1n) is 7.07. The van der Waals surface area contributed by atoms with Crippen LogP contribution in [0.3, 0.4) is 0 Å².